The van der Waals surface area contributed by atoms with E-state index in [4.69, 9.17) is 4.84 Å². The Labute approximate surface area is 159 Å². The Morgan fingerprint density at radius 1 is 1.22 bits per heavy atom. The highest BCUT2D eigenvalue weighted by molar-refractivity contribution is 7.98. The van der Waals surface area contributed by atoms with Gasteiger partial charge in [0, 0.05) is 12.1 Å². The Bertz CT molecular complexity index is 988. The molecule has 0 saturated heterocycles. The fourth-order valence-corrected chi connectivity index (χ4v) is 3.18. The van der Waals surface area contributed by atoms with Crippen molar-refractivity contribution >= 4 is 29.1 Å². The summed E-state index contributed by atoms with van der Waals surface area (Å²) >= 11 is 1.44. The fourth-order valence-electron chi connectivity index (χ4n) is 2.74. The maximum absolute atomic E-state index is 12.5. The molecule has 0 fully saturated rings. The first kappa shape index (κ1) is 17.2. The Kier molecular flexibility index (Phi) is 4.84. The van der Waals surface area contributed by atoms with Crippen molar-refractivity contribution in [2.45, 2.75) is 17.7 Å². The minimum absolute atomic E-state index is 0.233. The number of nitrogens with zero attached hydrogens (tertiary/aromatic N) is 5. The predicted molar refractivity (Wildman–Crippen MR) is 102 cm³/mol. The Morgan fingerprint density at radius 3 is 2.89 bits per heavy atom. The van der Waals surface area contributed by atoms with Gasteiger partial charge in [0.15, 0.2) is 6.10 Å². The number of hydrogen-bond acceptors (Lipinski definition) is 7. The zero-order valence-corrected chi connectivity index (χ0v) is 15.3. The molecule has 3 aromatic rings. The number of thioether (sulfide) groups is 1. The van der Waals surface area contributed by atoms with E-state index in [1.807, 2.05) is 48.7 Å². The van der Waals surface area contributed by atoms with Crippen LogP contribution in [0.5, 0.6) is 0 Å². The lowest BCUT2D eigenvalue weighted by molar-refractivity contribution is -0.110. The van der Waals surface area contributed by atoms with E-state index in [0.717, 1.165) is 11.3 Å². The Morgan fingerprint density at radius 2 is 2.07 bits per heavy atom. The SMILES string of the molecule is CSc1nnnn1-c1cccc(NC(=O)C2=NO[C@@H](c3ccccc3)C2)c1. The molecule has 1 aromatic heterocycles. The molecule has 27 heavy (non-hydrogen) atoms. The van der Waals surface area contributed by atoms with Crippen LogP contribution in [-0.2, 0) is 9.63 Å². The maximum atomic E-state index is 12.5. The molecule has 1 aliphatic heterocycles. The monoisotopic (exact) mass is 380 g/mol. The van der Waals surface area contributed by atoms with Crippen LogP contribution in [0, 0.1) is 0 Å². The van der Waals surface area contributed by atoms with Gasteiger partial charge in [0.05, 0.1) is 5.69 Å². The van der Waals surface area contributed by atoms with Gasteiger partial charge in [0.25, 0.3) is 5.91 Å². The number of carbonyl (C=O) groups excluding carboxylic acids is 1. The number of anilines is 1. The Hall–Kier alpha value is -3.20. The van der Waals surface area contributed by atoms with E-state index in [0.29, 0.717) is 23.0 Å². The molecule has 8 nitrogen and oxygen atoms in total. The van der Waals surface area contributed by atoms with Crippen molar-refractivity contribution in [3.8, 4) is 5.69 Å². The van der Waals surface area contributed by atoms with Crippen LogP contribution < -0.4 is 5.32 Å². The van der Waals surface area contributed by atoms with Crippen molar-refractivity contribution in [3.05, 3.63) is 60.2 Å². The molecule has 0 radical (unpaired) electrons. The van der Waals surface area contributed by atoms with Gasteiger partial charge in [-0.05, 0) is 40.4 Å². The predicted octanol–water partition coefficient (Wildman–Crippen LogP) is 2.84. The molecule has 0 spiro atoms. The van der Waals surface area contributed by atoms with E-state index in [-0.39, 0.29) is 12.0 Å². The highest BCUT2D eigenvalue weighted by Gasteiger charge is 2.27. The van der Waals surface area contributed by atoms with Gasteiger partial charge in [-0.3, -0.25) is 4.79 Å². The Balaban J connectivity index is 1.45. The van der Waals surface area contributed by atoms with Crippen LogP contribution in [0.3, 0.4) is 0 Å². The second kappa shape index (κ2) is 7.58. The van der Waals surface area contributed by atoms with Gasteiger partial charge in [-0.15, -0.1) is 5.10 Å². The summed E-state index contributed by atoms with van der Waals surface area (Å²) < 4.78 is 1.61. The standard InChI is InChI=1S/C18H16N6O2S/c1-27-18-20-22-23-24(18)14-9-5-8-13(10-14)19-17(25)15-11-16(26-21-15)12-6-3-2-4-7-12/h2-10,16H,11H2,1H3,(H,19,25)/t16-/m1/s1. The third-order valence-corrected chi connectivity index (χ3v) is 4.69. The minimum Gasteiger partial charge on any atom is -0.387 e. The van der Waals surface area contributed by atoms with Gasteiger partial charge in [-0.1, -0.05) is 53.3 Å². The van der Waals surface area contributed by atoms with Gasteiger partial charge in [-0.2, -0.15) is 4.68 Å². The fraction of sp³-hybridized carbons (Fsp3) is 0.167. The number of oxime groups is 1. The van der Waals surface area contributed by atoms with Gasteiger partial charge < -0.3 is 10.2 Å². The summed E-state index contributed by atoms with van der Waals surface area (Å²) in [5, 5.41) is 19.1. The van der Waals surface area contributed by atoms with Crippen molar-refractivity contribution in [1.29, 1.82) is 0 Å². The molecule has 2 heterocycles. The summed E-state index contributed by atoms with van der Waals surface area (Å²) in [4.78, 5) is 18.0. The second-order valence-electron chi connectivity index (χ2n) is 5.83. The molecule has 0 bridgehead atoms. The van der Waals surface area contributed by atoms with Crippen LogP contribution in [-0.4, -0.2) is 38.1 Å². The van der Waals surface area contributed by atoms with Crippen LogP contribution in [0.15, 0.2) is 64.9 Å². The number of rotatable bonds is 5. The first-order valence-electron chi connectivity index (χ1n) is 8.26. The van der Waals surface area contributed by atoms with Crippen molar-refractivity contribution in [3.63, 3.8) is 0 Å². The third kappa shape index (κ3) is 3.68. The summed E-state index contributed by atoms with van der Waals surface area (Å²) in [6.07, 6.45) is 2.10. The first-order valence-corrected chi connectivity index (χ1v) is 9.49. The highest BCUT2D eigenvalue weighted by Crippen LogP contribution is 2.27. The van der Waals surface area contributed by atoms with Crippen molar-refractivity contribution in [2.75, 3.05) is 11.6 Å². The van der Waals surface area contributed by atoms with Crippen LogP contribution >= 0.6 is 11.8 Å². The van der Waals surface area contributed by atoms with E-state index in [2.05, 4.69) is 26.0 Å². The third-order valence-electron chi connectivity index (χ3n) is 4.07. The molecule has 4 rings (SSSR count). The lowest BCUT2D eigenvalue weighted by atomic mass is 10.0. The van der Waals surface area contributed by atoms with E-state index in [1.165, 1.54) is 11.8 Å². The molecular formula is C18H16N6O2S. The number of tetrazole rings is 1. The molecule has 2 aromatic carbocycles. The summed E-state index contributed by atoms with van der Waals surface area (Å²) in [5.74, 6) is -0.285. The minimum atomic E-state index is -0.285. The van der Waals surface area contributed by atoms with Crippen LogP contribution in [0.4, 0.5) is 5.69 Å². The van der Waals surface area contributed by atoms with Crippen molar-refractivity contribution in [1.82, 2.24) is 20.2 Å². The quantitative estimate of drug-likeness (QED) is 0.684. The number of carbonyl (C=O) groups is 1. The zero-order valence-electron chi connectivity index (χ0n) is 14.4. The molecule has 9 heteroatoms. The number of benzene rings is 2. The zero-order chi connectivity index (χ0) is 18.6. The molecule has 0 aliphatic carbocycles. The maximum Gasteiger partial charge on any atom is 0.273 e. The first-order chi connectivity index (χ1) is 13.2. The lowest BCUT2D eigenvalue weighted by Gasteiger charge is -2.08. The summed E-state index contributed by atoms with van der Waals surface area (Å²) in [5.41, 5.74) is 2.75. The second-order valence-corrected chi connectivity index (χ2v) is 6.60. The molecule has 1 atom stereocenters. The van der Waals surface area contributed by atoms with E-state index < -0.39 is 0 Å². The average Bonchev–Trinajstić information content (AvgIpc) is 3.38. The summed E-state index contributed by atoms with van der Waals surface area (Å²) in [7, 11) is 0. The normalized spacial score (nSPS) is 15.9. The van der Waals surface area contributed by atoms with Crippen molar-refractivity contribution < 1.29 is 9.63 Å². The summed E-state index contributed by atoms with van der Waals surface area (Å²) in [6.45, 7) is 0. The van der Waals surface area contributed by atoms with Crippen LogP contribution in [0.2, 0.25) is 0 Å². The summed E-state index contributed by atoms with van der Waals surface area (Å²) in [6, 6.07) is 17.0. The van der Waals surface area contributed by atoms with E-state index in [1.54, 1.807) is 16.8 Å². The van der Waals surface area contributed by atoms with Crippen molar-refractivity contribution in [2.24, 2.45) is 5.16 Å². The average molecular weight is 380 g/mol. The van der Waals surface area contributed by atoms with Crippen LogP contribution in [0.25, 0.3) is 5.69 Å². The number of hydrogen-bond donors (Lipinski definition) is 1. The number of amides is 1. The largest absolute Gasteiger partial charge is 0.387 e. The van der Waals surface area contributed by atoms with Gasteiger partial charge in [-0.25, -0.2) is 0 Å². The number of nitrogens with one attached hydrogen (secondary N) is 1. The van der Waals surface area contributed by atoms with Gasteiger partial charge in [0.1, 0.15) is 5.71 Å². The smallest absolute Gasteiger partial charge is 0.273 e. The number of aromatic nitrogens is 4. The molecule has 136 valence electrons. The molecule has 1 aliphatic rings. The molecule has 1 N–H and O–H groups in total. The van der Waals surface area contributed by atoms with E-state index in [9.17, 15) is 4.79 Å². The molecule has 0 unspecified atom stereocenters. The van der Waals surface area contributed by atoms with Gasteiger partial charge >= 0.3 is 0 Å². The van der Waals surface area contributed by atoms with Crippen LogP contribution in [0.1, 0.15) is 18.1 Å². The van der Waals surface area contributed by atoms with E-state index >= 15 is 0 Å². The lowest BCUT2D eigenvalue weighted by Crippen LogP contribution is -2.22. The molecular weight excluding hydrogens is 364 g/mol. The topological polar surface area (TPSA) is 94.3 Å². The highest BCUT2D eigenvalue weighted by atomic mass is 32.2. The van der Waals surface area contributed by atoms with Gasteiger partial charge in [0.2, 0.25) is 5.16 Å². The molecule has 0 saturated carbocycles. The molecule has 1 amide bonds.